The fraction of sp³-hybridized carbons (Fsp3) is 0.385. The number of nitrogens with zero attached hydrogens (tertiary/aromatic N) is 4. The SMILES string of the molecule is COc1cccc(-c2cc(C(=O)NCCCN3CCCCC3C)n(-c3ccc([N+](=O)[O-])cc3)n2)c1. The van der Waals surface area contributed by atoms with Crippen molar-refractivity contribution in [2.45, 2.75) is 38.6 Å². The lowest BCUT2D eigenvalue weighted by Gasteiger charge is -2.33. The molecule has 0 saturated carbocycles. The molecule has 0 aliphatic carbocycles. The summed E-state index contributed by atoms with van der Waals surface area (Å²) in [6, 6.07) is 15.8. The Morgan fingerprint density at radius 2 is 2.00 bits per heavy atom. The fourth-order valence-corrected chi connectivity index (χ4v) is 4.44. The molecule has 35 heavy (non-hydrogen) atoms. The van der Waals surface area contributed by atoms with Crippen molar-refractivity contribution in [3.05, 3.63) is 70.4 Å². The number of methoxy groups -OCH3 is 1. The quantitative estimate of drug-likeness (QED) is 0.277. The lowest BCUT2D eigenvalue weighted by molar-refractivity contribution is -0.384. The summed E-state index contributed by atoms with van der Waals surface area (Å²) in [6.07, 6.45) is 4.62. The molecule has 0 radical (unpaired) electrons. The monoisotopic (exact) mass is 477 g/mol. The van der Waals surface area contributed by atoms with Crippen LogP contribution in [0.15, 0.2) is 54.6 Å². The molecule has 9 heteroatoms. The number of nitro groups is 1. The predicted octanol–water partition coefficient (Wildman–Crippen LogP) is 4.45. The maximum atomic E-state index is 13.2. The molecule has 1 aliphatic heterocycles. The van der Waals surface area contributed by atoms with Gasteiger partial charge in [-0.1, -0.05) is 18.6 Å². The summed E-state index contributed by atoms with van der Waals surface area (Å²) in [4.78, 5) is 26.3. The largest absolute Gasteiger partial charge is 0.497 e. The summed E-state index contributed by atoms with van der Waals surface area (Å²) < 4.78 is 6.85. The second kappa shape index (κ2) is 11.1. The Hall–Kier alpha value is -3.72. The number of amides is 1. The number of hydrogen-bond donors (Lipinski definition) is 1. The number of hydrogen-bond acceptors (Lipinski definition) is 6. The third-order valence-corrected chi connectivity index (χ3v) is 6.46. The molecule has 2 aromatic carbocycles. The van der Waals surface area contributed by atoms with Crippen molar-refractivity contribution in [3.63, 3.8) is 0 Å². The van der Waals surface area contributed by atoms with Crippen LogP contribution in [0.2, 0.25) is 0 Å². The summed E-state index contributed by atoms with van der Waals surface area (Å²) >= 11 is 0. The zero-order valence-electron chi connectivity index (χ0n) is 20.1. The minimum absolute atomic E-state index is 0.0214. The van der Waals surface area contributed by atoms with Gasteiger partial charge in [-0.3, -0.25) is 14.9 Å². The highest BCUT2D eigenvalue weighted by Crippen LogP contribution is 2.26. The first-order valence-corrected chi connectivity index (χ1v) is 12.0. The van der Waals surface area contributed by atoms with Crippen molar-refractivity contribution >= 4 is 11.6 Å². The molecule has 1 atom stereocenters. The lowest BCUT2D eigenvalue weighted by Crippen LogP contribution is -2.39. The molecule has 2 heterocycles. The Morgan fingerprint density at radius 1 is 1.20 bits per heavy atom. The van der Waals surface area contributed by atoms with E-state index in [9.17, 15) is 14.9 Å². The molecular weight excluding hydrogens is 446 g/mol. The summed E-state index contributed by atoms with van der Waals surface area (Å²) in [5.41, 5.74) is 2.32. The van der Waals surface area contributed by atoms with Gasteiger partial charge in [-0.15, -0.1) is 0 Å². The van der Waals surface area contributed by atoms with E-state index in [1.807, 2.05) is 24.3 Å². The second-order valence-corrected chi connectivity index (χ2v) is 8.82. The average molecular weight is 478 g/mol. The number of carbonyl (C=O) groups is 1. The molecule has 1 saturated heterocycles. The topological polar surface area (TPSA) is 103 Å². The Balaban J connectivity index is 1.54. The van der Waals surface area contributed by atoms with Crippen LogP contribution in [0.4, 0.5) is 5.69 Å². The van der Waals surface area contributed by atoms with Crippen LogP contribution < -0.4 is 10.1 Å². The number of likely N-dealkylation sites (tertiary alicyclic amines) is 1. The molecule has 0 bridgehead atoms. The van der Waals surface area contributed by atoms with E-state index in [0.29, 0.717) is 35.4 Å². The third-order valence-electron chi connectivity index (χ3n) is 6.46. The number of piperidine rings is 1. The highest BCUT2D eigenvalue weighted by Gasteiger charge is 2.20. The minimum Gasteiger partial charge on any atom is -0.497 e. The van der Waals surface area contributed by atoms with Gasteiger partial charge in [0.05, 0.1) is 23.4 Å². The molecule has 0 spiro atoms. The van der Waals surface area contributed by atoms with E-state index in [0.717, 1.165) is 25.1 Å². The van der Waals surface area contributed by atoms with E-state index in [-0.39, 0.29) is 11.6 Å². The van der Waals surface area contributed by atoms with E-state index >= 15 is 0 Å². The summed E-state index contributed by atoms with van der Waals surface area (Å²) in [6.45, 7) is 4.90. The first-order valence-electron chi connectivity index (χ1n) is 12.0. The number of carbonyl (C=O) groups excluding carboxylic acids is 1. The summed E-state index contributed by atoms with van der Waals surface area (Å²) in [5.74, 6) is 0.446. The van der Waals surface area contributed by atoms with Gasteiger partial charge in [0, 0.05) is 36.8 Å². The van der Waals surface area contributed by atoms with Gasteiger partial charge in [-0.05, 0) is 63.1 Å². The Bertz CT molecular complexity index is 1170. The van der Waals surface area contributed by atoms with Crippen LogP contribution in [0.1, 0.15) is 43.1 Å². The zero-order valence-corrected chi connectivity index (χ0v) is 20.1. The van der Waals surface area contributed by atoms with Crippen LogP contribution in [0, 0.1) is 10.1 Å². The van der Waals surface area contributed by atoms with Crippen LogP contribution in [0.5, 0.6) is 5.75 Å². The highest BCUT2D eigenvalue weighted by atomic mass is 16.6. The number of aromatic nitrogens is 2. The van der Waals surface area contributed by atoms with Gasteiger partial charge in [0.15, 0.2) is 0 Å². The van der Waals surface area contributed by atoms with E-state index < -0.39 is 4.92 Å². The molecule has 184 valence electrons. The van der Waals surface area contributed by atoms with Gasteiger partial charge in [0.2, 0.25) is 0 Å². The maximum Gasteiger partial charge on any atom is 0.270 e. The molecule has 1 aromatic heterocycles. The van der Waals surface area contributed by atoms with Gasteiger partial charge < -0.3 is 15.0 Å². The molecule has 1 N–H and O–H groups in total. The number of non-ortho nitro benzene ring substituents is 1. The van der Waals surface area contributed by atoms with Gasteiger partial charge in [-0.25, -0.2) is 4.68 Å². The number of benzene rings is 2. The van der Waals surface area contributed by atoms with E-state index in [2.05, 4.69) is 22.2 Å². The summed E-state index contributed by atoms with van der Waals surface area (Å²) in [7, 11) is 1.60. The standard InChI is InChI=1S/C26H31N5O4/c1-19-7-3-4-15-29(19)16-6-14-27-26(32)25-18-24(20-8-5-9-23(17-20)35-2)28-30(25)21-10-12-22(13-11-21)31(33)34/h5,8-13,17-19H,3-4,6-7,14-16H2,1-2H3,(H,27,32). The maximum absolute atomic E-state index is 13.2. The van der Waals surface area contributed by atoms with E-state index in [1.54, 1.807) is 25.3 Å². The van der Waals surface area contributed by atoms with Crippen LogP contribution in [0.3, 0.4) is 0 Å². The van der Waals surface area contributed by atoms with Crippen LogP contribution >= 0.6 is 0 Å². The van der Waals surface area contributed by atoms with Crippen molar-refractivity contribution in [1.29, 1.82) is 0 Å². The summed E-state index contributed by atoms with van der Waals surface area (Å²) in [5, 5.41) is 18.7. The van der Waals surface area contributed by atoms with E-state index in [1.165, 1.54) is 36.1 Å². The van der Waals surface area contributed by atoms with Crippen LogP contribution in [-0.2, 0) is 0 Å². The van der Waals surface area contributed by atoms with Crippen molar-refractivity contribution in [1.82, 2.24) is 20.0 Å². The molecule has 1 aliphatic rings. The second-order valence-electron chi connectivity index (χ2n) is 8.82. The fourth-order valence-electron chi connectivity index (χ4n) is 4.44. The molecule has 4 rings (SSSR count). The van der Waals surface area contributed by atoms with Gasteiger partial charge in [0.25, 0.3) is 11.6 Å². The minimum atomic E-state index is -0.453. The average Bonchev–Trinajstić information content (AvgIpc) is 3.33. The zero-order chi connectivity index (χ0) is 24.8. The molecule has 1 amide bonds. The van der Waals surface area contributed by atoms with Crippen molar-refractivity contribution in [2.24, 2.45) is 0 Å². The van der Waals surface area contributed by atoms with Crippen molar-refractivity contribution in [3.8, 4) is 22.7 Å². The van der Waals surface area contributed by atoms with Gasteiger partial charge in [-0.2, -0.15) is 5.10 Å². The smallest absolute Gasteiger partial charge is 0.270 e. The number of ether oxygens (including phenoxy) is 1. The molecule has 9 nitrogen and oxygen atoms in total. The number of rotatable bonds is 9. The van der Waals surface area contributed by atoms with E-state index in [4.69, 9.17) is 4.74 Å². The first-order chi connectivity index (χ1) is 17.0. The highest BCUT2D eigenvalue weighted by molar-refractivity contribution is 5.94. The van der Waals surface area contributed by atoms with Crippen molar-refractivity contribution in [2.75, 3.05) is 26.7 Å². The molecular formula is C26H31N5O4. The van der Waals surface area contributed by atoms with Gasteiger partial charge >= 0.3 is 0 Å². The number of nitro benzene ring substituents is 1. The van der Waals surface area contributed by atoms with Crippen LogP contribution in [-0.4, -0.2) is 58.3 Å². The Labute approximate surface area is 204 Å². The normalized spacial score (nSPS) is 16.1. The lowest BCUT2D eigenvalue weighted by atomic mass is 10.0. The Morgan fingerprint density at radius 3 is 2.71 bits per heavy atom. The number of nitrogens with one attached hydrogen (secondary N) is 1. The van der Waals surface area contributed by atoms with Crippen molar-refractivity contribution < 1.29 is 14.5 Å². The van der Waals surface area contributed by atoms with Gasteiger partial charge in [0.1, 0.15) is 11.4 Å². The molecule has 1 fully saturated rings. The van der Waals surface area contributed by atoms with Crippen LogP contribution in [0.25, 0.3) is 16.9 Å². The molecule has 1 unspecified atom stereocenters. The first kappa shape index (κ1) is 24.4. The third kappa shape index (κ3) is 5.86. The predicted molar refractivity (Wildman–Crippen MR) is 134 cm³/mol. The Kier molecular flexibility index (Phi) is 7.77. The molecule has 3 aromatic rings.